The fraction of sp³-hybridized carbons (Fsp3) is 0.600. The van der Waals surface area contributed by atoms with Gasteiger partial charge in [-0.3, -0.25) is 0 Å². The molecule has 3 heteroatoms. The Kier molecular flexibility index (Phi) is 3.41. The van der Waals surface area contributed by atoms with Crippen LogP contribution < -0.4 is 15.2 Å². The molecule has 0 amide bonds. The lowest BCUT2D eigenvalue weighted by Gasteiger charge is -2.11. The molecule has 0 aromatic heterocycles. The molecule has 1 aliphatic carbocycles. The number of hydrogen-bond acceptors (Lipinski definition) is 3. The molecule has 3 nitrogen and oxygen atoms in total. The van der Waals surface area contributed by atoms with Crippen LogP contribution in [-0.2, 0) is 0 Å². The fourth-order valence-corrected chi connectivity index (χ4v) is 2.95. The maximum Gasteiger partial charge on any atom is 0.127 e. The summed E-state index contributed by atoms with van der Waals surface area (Å²) in [7, 11) is 0. The Morgan fingerprint density at radius 1 is 1.28 bits per heavy atom. The van der Waals surface area contributed by atoms with Crippen LogP contribution in [0.1, 0.15) is 43.7 Å². The van der Waals surface area contributed by atoms with Crippen molar-refractivity contribution in [3.8, 4) is 11.5 Å². The smallest absolute Gasteiger partial charge is 0.127 e. The third kappa shape index (κ3) is 2.46. The van der Waals surface area contributed by atoms with Crippen molar-refractivity contribution >= 4 is 0 Å². The second-order valence-electron chi connectivity index (χ2n) is 5.40. The molecule has 1 atom stereocenters. The van der Waals surface area contributed by atoms with E-state index in [-0.39, 0.29) is 6.04 Å². The number of rotatable bonds is 4. The molecule has 1 aliphatic heterocycles. The number of hydrogen-bond donors (Lipinski definition) is 1. The summed E-state index contributed by atoms with van der Waals surface area (Å²) >= 11 is 0. The van der Waals surface area contributed by atoms with E-state index in [4.69, 9.17) is 15.2 Å². The minimum atomic E-state index is 0.0209. The molecule has 1 unspecified atom stereocenters. The maximum absolute atomic E-state index is 5.91. The van der Waals surface area contributed by atoms with Gasteiger partial charge >= 0.3 is 0 Å². The Morgan fingerprint density at radius 2 is 2.11 bits per heavy atom. The Hall–Kier alpha value is -1.22. The van der Waals surface area contributed by atoms with E-state index in [9.17, 15) is 0 Å². The Labute approximate surface area is 108 Å². The van der Waals surface area contributed by atoms with Gasteiger partial charge in [-0.25, -0.2) is 0 Å². The number of ether oxygens (including phenoxy) is 2. The zero-order chi connectivity index (χ0) is 12.4. The Balaban J connectivity index is 1.53. The summed E-state index contributed by atoms with van der Waals surface area (Å²) in [5, 5.41) is 0. The first kappa shape index (κ1) is 11.8. The highest BCUT2D eigenvalue weighted by Gasteiger charge is 2.21. The van der Waals surface area contributed by atoms with Crippen LogP contribution in [0.3, 0.4) is 0 Å². The molecular weight excluding hydrogens is 226 g/mol. The summed E-state index contributed by atoms with van der Waals surface area (Å²) in [5.41, 5.74) is 7.01. The van der Waals surface area contributed by atoms with Gasteiger partial charge < -0.3 is 15.2 Å². The molecule has 1 heterocycles. The lowest BCUT2D eigenvalue weighted by Crippen LogP contribution is -2.10. The van der Waals surface area contributed by atoms with E-state index >= 15 is 0 Å². The first-order chi connectivity index (χ1) is 8.83. The Morgan fingerprint density at radius 3 is 2.94 bits per heavy atom. The third-order valence-electron chi connectivity index (χ3n) is 4.07. The summed E-state index contributed by atoms with van der Waals surface area (Å²) in [4.78, 5) is 0. The van der Waals surface area contributed by atoms with Crippen LogP contribution in [-0.4, -0.2) is 13.2 Å². The summed E-state index contributed by atoms with van der Waals surface area (Å²) in [6, 6.07) is 6.02. The summed E-state index contributed by atoms with van der Waals surface area (Å²) < 4.78 is 11.3. The number of nitrogens with two attached hydrogens (primary N) is 1. The summed E-state index contributed by atoms with van der Waals surface area (Å²) in [6.07, 6.45) is 6.74. The van der Waals surface area contributed by atoms with Crippen molar-refractivity contribution in [3.05, 3.63) is 23.8 Å². The van der Waals surface area contributed by atoms with Crippen molar-refractivity contribution in [1.82, 2.24) is 0 Å². The van der Waals surface area contributed by atoms with Crippen molar-refractivity contribution in [2.45, 2.75) is 38.1 Å². The highest BCUT2D eigenvalue weighted by molar-refractivity contribution is 5.44. The first-order valence-electron chi connectivity index (χ1n) is 6.98. The van der Waals surface area contributed by atoms with Gasteiger partial charge in [0.1, 0.15) is 18.1 Å². The van der Waals surface area contributed by atoms with Gasteiger partial charge in [0.05, 0.1) is 12.6 Å². The van der Waals surface area contributed by atoms with Gasteiger partial charge in [-0.05, 0) is 24.5 Å². The van der Waals surface area contributed by atoms with Crippen LogP contribution in [0.4, 0.5) is 0 Å². The average molecular weight is 247 g/mol. The average Bonchev–Trinajstić information content (AvgIpc) is 3.00. The standard InChI is InChI=1S/C15H21NO2/c16-14-10-18-15-9-12(5-6-13(14)15)17-8-7-11-3-1-2-4-11/h5-6,9,11,14H,1-4,7-8,10,16H2. The highest BCUT2D eigenvalue weighted by Crippen LogP contribution is 2.34. The van der Waals surface area contributed by atoms with E-state index in [1.165, 1.54) is 32.1 Å². The summed E-state index contributed by atoms with van der Waals surface area (Å²) in [6.45, 7) is 1.40. The molecule has 0 saturated heterocycles. The second-order valence-corrected chi connectivity index (χ2v) is 5.40. The summed E-state index contributed by atoms with van der Waals surface area (Å²) in [5.74, 6) is 2.67. The molecule has 0 bridgehead atoms. The van der Waals surface area contributed by atoms with E-state index in [2.05, 4.69) is 0 Å². The number of fused-ring (bicyclic) bond motifs is 1. The molecule has 18 heavy (non-hydrogen) atoms. The van der Waals surface area contributed by atoms with Gasteiger partial charge in [0.15, 0.2) is 0 Å². The maximum atomic E-state index is 5.91. The largest absolute Gasteiger partial charge is 0.493 e. The van der Waals surface area contributed by atoms with Gasteiger partial charge in [-0.2, -0.15) is 0 Å². The predicted octanol–water partition coefficient (Wildman–Crippen LogP) is 3.04. The minimum Gasteiger partial charge on any atom is -0.493 e. The van der Waals surface area contributed by atoms with Crippen LogP contribution in [0.5, 0.6) is 11.5 Å². The molecule has 0 spiro atoms. The van der Waals surface area contributed by atoms with Gasteiger partial charge in [-0.15, -0.1) is 0 Å². The van der Waals surface area contributed by atoms with Crippen molar-refractivity contribution in [2.24, 2.45) is 11.7 Å². The highest BCUT2D eigenvalue weighted by atomic mass is 16.5. The van der Waals surface area contributed by atoms with Gasteiger partial charge in [0.25, 0.3) is 0 Å². The van der Waals surface area contributed by atoms with Crippen LogP contribution >= 0.6 is 0 Å². The monoisotopic (exact) mass is 247 g/mol. The number of benzene rings is 1. The van der Waals surface area contributed by atoms with Crippen molar-refractivity contribution in [2.75, 3.05) is 13.2 Å². The third-order valence-corrected chi connectivity index (χ3v) is 4.07. The van der Waals surface area contributed by atoms with Crippen molar-refractivity contribution < 1.29 is 9.47 Å². The van der Waals surface area contributed by atoms with Crippen LogP contribution in [0.25, 0.3) is 0 Å². The fourth-order valence-electron chi connectivity index (χ4n) is 2.95. The molecule has 1 saturated carbocycles. The molecular formula is C15H21NO2. The van der Waals surface area contributed by atoms with Crippen molar-refractivity contribution in [1.29, 1.82) is 0 Å². The second kappa shape index (κ2) is 5.19. The van der Waals surface area contributed by atoms with Crippen LogP contribution in [0.2, 0.25) is 0 Å². The predicted molar refractivity (Wildman–Crippen MR) is 70.9 cm³/mol. The molecule has 2 aliphatic rings. The lowest BCUT2D eigenvalue weighted by atomic mass is 10.1. The molecule has 3 rings (SSSR count). The zero-order valence-corrected chi connectivity index (χ0v) is 10.7. The lowest BCUT2D eigenvalue weighted by molar-refractivity contribution is 0.277. The van der Waals surface area contributed by atoms with Crippen LogP contribution in [0, 0.1) is 5.92 Å². The molecule has 1 aromatic carbocycles. The van der Waals surface area contributed by atoms with E-state index in [0.717, 1.165) is 29.6 Å². The molecule has 0 radical (unpaired) electrons. The van der Waals surface area contributed by atoms with Gasteiger partial charge in [0.2, 0.25) is 0 Å². The van der Waals surface area contributed by atoms with E-state index in [1.54, 1.807) is 0 Å². The SMILES string of the molecule is NC1COc2cc(OCCC3CCCC3)ccc21. The Bertz CT molecular complexity index is 413. The normalized spacial score (nSPS) is 22.8. The molecule has 1 fully saturated rings. The quantitative estimate of drug-likeness (QED) is 0.889. The van der Waals surface area contributed by atoms with E-state index in [1.807, 2.05) is 18.2 Å². The van der Waals surface area contributed by atoms with Crippen LogP contribution in [0.15, 0.2) is 18.2 Å². The van der Waals surface area contributed by atoms with Gasteiger partial charge in [-0.1, -0.05) is 25.7 Å². The van der Waals surface area contributed by atoms with Gasteiger partial charge in [0, 0.05) is 11.6 Å². The van der Waals surface area contributed by atoms with E-state index < -0.39 is 0 Å². The van der Waals surface area contributed by atoms with Crippen molar-refractivity contribution in [3.63, 3.8) is 0 Å². The first-order valence-corrected chi connectivity index (χ1v) is 6.98. The topological polar surface area (TPSA) is 44.5 Å². The molecule has 1 aromatic rings. The van der Waals surface area contributed by atoms with E-state index in [0.29, 0.717) is 6.61 Å². The molecule has 98 valence electrons. The minimum absolute atomic E-state index is 0.0209. The zero-order valence-electron chi connectivity index (χ0n) is 10.7. The molecule has 2 N–H and O–H groups in total.